The summed E-state index contributed by atoms with van der Waals surface area (Å²) in [4.78, 5) is 19.5. The summed E-state index contributed by atoms with van der Waals surface area (Å²) in [7, 11) is 0. The van der Waals surface area contributed by atoms with Gasteiger partial charge in [-0.25, -0.2) is 9.37 Å². The summed E-state index contributed by atoms with van der Waals surface area (Å²) in [5.41, 5.74) is 2.04. The molecule has 0 atom stereocenters. The molecule has 7 nitrogen and oxygen atoms in total. The first-order valence-electron chi connectivity index (χ1n) is 11.6. The number of nitrogens with zero attached hydrogens (tertiary/aromatic N) is 4. The Morgan fingerprint density at radius 3 is 2.91 bits per heavy atom. The molecule has 0 bridgehead atoms. The number of benzene rings is 1. The van der Waals surface area contributed by atoms with Crippen molar-refractivity contribution in [1.29, 1.82) is 0 Å². The summed E-state index contributed by atoms with van der Waals surface area (Å²) < 4.78 is 16.6. The van der Waals surface area contributed by atoms with E-state index in [0.717, 1.165) is 70.4 Å². The van der Waals surface area contributed by atoms with Gasteiger partial charge in [0.25, 0.3) is 5.91 Å². The zero-order valence-corrected chi connectivity index (χ0v) is 19.3. The monoisotopic (exact) mass is 467 g/mol. The van der Waals surface area contributed by atoms with E-state index in [4.69, 9.17) is 0 Å². The number of para-hydroxylation sites is 1. The van der Waals surface area contributed by atoms with Gasteiger partial charge < -0.3 is 15.5 Å². The minimum atomic E-state index is -0.344. The fourth-order valence-electron chi connectivity index (χ4n) is 4.59. The van der Waals surface area contributed by atoms with Crippen molar-refractivity contribution in [2.45, 2.75) is 38.6 Å². The van der Waals surface area contributed by atoms with Gasteiger partial charge in [-0.2, -0.15) is 0 Å². The lowest BCUT2D eigenvalue weighted by atomic mass is 9.98. The van der Waals surface area contributed by atoms with Gasteiger partial charge in [-0.05, 0) is 67.9 Å². The van der Waals surface area contributed by atoms with Crippen LogP contribution < -0.4 is 20.6 Å². The number of halogens is 1. The Bertz CT molecular complexity index is 1100. The minimum Gasteiger partial charge on any atom is -0.367 e. The molecule has 2 fully saturated rings. The highest BCUT2D eigenvalue weighted by atomic mass is 32.1. The van der Waals surface area contributed by atoms with Gasteiger partial charge >= 0.3 is 6.20 Å². The van der Waals surface area contributed by atoms with Crippen molar-refractivity contribution in [3.63, 3.8) is 0 Å². The fraction of sp³-hybridized carbons (Fsp3) is 0.458. The SMILES string of the molecule is O=C(Nc1cccc(F)c1N1CCCCC1)c1csc(-c2c#[n+]n(CC3CCNCC3)c2)n1. The fourth-order valence-corrected chi connectivity index (χ4v) is 5.35. The second kappa shape index (κ2) is 9.89. The highest BCUT2D eigenvalue weighted by molar-refractivity contribution is 7.13. The van der Waals surface area contributed by atoms with Crippen molar-refractivity contribution in [3.05, 3.63) is 47.5 Å². The van der Waals surface area contributed by atoms with Crippen molar-refractivity contribution in [2.24, 2.45) is 5.92 Å². The molecule has 1 aromatic carbocycles. The molecule has 2 aromatic heterocycles. The van der Waals surface area contributed by atoms with Gasteiger partial charge in [0.1, 0.15) is 22.7 Å². The van der Waals surface area contributed by atoms with Crippen LogP contribution in [0.4, 0.5) is 15.8 Å². The van der Waals surface area contributed by atoms with E-state index in [9.17, 15) is 9.18 Å². The molecule has 2 saturated heterocycles. The molecule has 2 aliphatic rings. The van der Waals surface area contributed by atoms with E-state index in [1.54, 1.807) is 17.5 Å². The molecule has 5 rings (SSSR count). The maximum absolute atomic E-state index is 14.7. The molecule has 4 heterocycles. The Morgan fingerprint density at radius 1 is 1.27 bits per heavy atom. The molecule has 172 valence electrons. The Kier molecular flexibility index (Phi) is 6.55. The first-order chi connectivity index (χ1) is 16.2. The molecule has 0 aliphatic carbocycles. The Morgan fingerprint density at radius 2 is 2.09 bits per heavy atom. The summed E-state index contributed by atoms with van der Waals surface area (Å²) in [6.45, 7) is 4.57. The predicted octanol–water partition coefficient (Wildman–Crippen LogP) is 3.39. The third-order valence-corrected chi connectivity index (χ3v) is 7.23. The zero-order valence-electron chi connectivity index (χ0n) is 18.5. The van der Waals surface area contributed by atoms with Crippen LogP contribution >= 0.6 is 11.3 Å². The second-order valence-corrected chi connectivity index (χ2v) is 9.60. The minimum absolute atomic E-state index is 0.309. The topological polar surface area (TPSA) is 76.3 Å². The van der Waals surface area contributed by atoms with E-state index >= 15 is 0 Å². The number of carbonyl (C=O) groups is 1. The smallest absolute Gasteiger partial charge is 0.362 e. The average Bonchev–Trinajstić information content (AvgIpc) is 3.50. The summed E-state index contributed by atoms with van der Waals surface area (Å²) in [6.07, 6.45) is 10.5. The number of rotatable bonds is 6. The van der Waals surface area contributed by atoms with Crippen LogP contribution in [0.5, 0.6) is 0 Å². The lowest BCUT2D eigenvalue weighted by molar-refractivity contribution is -0.419. The van der Waals surface area contributed by atoms with Gasteiger partial charge in [-0.1, -0.05) is 6.07 Å². The third-order valence-electron chi connectivity index (χ3n) is 6.36. The van der Waals surface area contributed by atoms with Crippen molar-refractivity contribution in [1.82, 2.24) is 15.0 Å². The highest BCUT2D eigenvalue weighted by Gasteiger charge is 2.23. The number of thiazole rings is 1. The molecule has 1 amide bonds. The first-order valence-corrected chi connectivity index (χ1v) is 12.5. The number of aromatic nitrogens is 3. The summed E-state index contributed by atoms with van der Waals surface area (Å²) in [5.74, 6) is -0.0433. The summed E-state index contributed by atoms with van der Waals surface area (Å²) >= 11 is 1.39. The third kappa shape index (κ3) is 5.02. The molecule has 2 N–H and O–H groups in total. The first kappa shape index (κ1) is 21.9. The molecule has 0 radical (unpaired) electrons. The molecule has 0 saturated carbocycles. The average molecular weight is 468 g/mol. The van der Waals surface area contributed by atoms with Crippen LogP contribution in [-0.4, -0.2) is 41.8 Å². The Labute approximate surface area is 197 Å². The number of anilines is 2. The van der Waals surface area contributed by atoms with Crippen LogP contribution in [0.2, 0.25) is 0 Å². The van der Waals surface area contributed by atoms with Crippen molar-refractivity contribution in [2.75, 3.05) is 36.4 Å². The summed E-state index contributed by atoms with van der Waals surface area (Å²) in [5, 5.41) is 13.1. The maximum atomic E-state index is 14.7. The summed E-state index contributed by atoms with van der Waals surface area (Å²) in [6, 6.07) is 4.81. The van der Waals surface area contributed by atoms with Crippen LogP contribution in [0, 0.1) is 17.9 Å². The highest BCUT2D eigenvalue weighted by Crippen LogP contribution is 2.32. The van der Waals surface area contributed by atoms with E-state index in [2.05, 4.69) is 26.9 Å². The van der Waals surface area contributed by atoms with Crippen LogP contribution in [-0.2, 0) is 6.54 Å². The zero-order chi connectivity index (χ0) is 22.6. The van der Waals surface area contributed by atoms with E-state index < -0.39 is 0 Å². The number of nitrogens with one attached hydrogen (secondary N) is 2. The van der Waals surface area contributed by atoms with E-state index in [0.29, 0.717) is 28.0 Å². The number of carbonyl (C=O) groups excluding carboxylic acids is 1. The molecule has 33 heavy (non-hydrogen) atoms. The lowest BCUT2D eigenvalue weighted by Crippen LogP contribution is -2.31. The van der Waals surface area contributed by atoms with Crippen LogP contribution in [0.15, 0.2) is 29.8 Å². The van der Waals surface area contributed by atoms with Crippen molar-refractivity contribution >= 4 is 28.6 Å². The van der Waals surface area contributed by atoms with E-state index in [-0.39, 0.29) is 11.7 Å². The molecule has 0 unspecified atom stereocenters. The van der Waals surface area contributed by atoms with Gasteiger partial charge in [0.15, 0.2) is 5.56 Å². The largest absolute Gasteiger partial charge is 0.367 e. The van der Waals surface area contributed by atoms with Gasteiger partial charge in [0.2, 0.25) is 0 Å². The second-order valence-electron chi connectivity index (χ2n) is 8.75. The quantitative estimate of drug-likeness (QED) is 0.581. The molecule has 0 spiro atoms. The van der Waals surface area contributed by atoms with Gasteiger partial charge in [-0.15, -0.1) is 11.3 Å². The molecular formula is C24H28FN6OS+. The molecule has 9 heteroatoms. The van der Waals surface area contributed by atoms with Gasteiger partial charge in [0, 0.05) is 18.5 Å². The Hall–Kier alpha value is -2.96. The number of hydrogen-bond donors (Lipinski definition) is 2. The van der Waals surface area contributed by atoms with Crippen LogP contribution in [0.1, 0.15) is 42.6 Å². The standard InChI is InChI=1S/C24H27FN6OS/c25-19-5-4-6-20(22(19)30-11-2-1-3-12-30)28-23(32)21-16-33-24(29-21)18-13-27-31(15-18)14-17-7-9-26-10-8-17/h4-6,15-17,26H,1-3,7-12,14H2/p+1. The van der Waals surface area contributed by atoms with Gasteiger partial charge in [0.05, 0.1) is 23.0 Å². The van der Waals surface area contributed by atoms with Crippen LogP contribution in [0.25, 0.3) is 10.6 Å². The number of amides is 1. The Balaban J connectivity index is 1.28. The molecule has 2 aliphatic heterocycles. The van der Waals surface area contributed by atoms with E-state index in [1.165, 1.54) is 17.4 Å². The molecular weight excluding hydrogens is 439 g/mol. The van der Waals surface area contributed by atoms with Crippen molar-refractivity contribution < 1.29 is 14.3 Å². The maximum Gasteiger partial charge on any atom is 0.362 e. The predicted molar refractivity (Wildman–Crippen MR) is 126 cm³/mol. The normalized spacial score (nSPS) is 17.1. The van der Waals surface area contributed by atoms with E-state index in [1.807, 2.05) is 15.8 Å². The van der Waals surface area contributed by atoms with Gasteiger partial charge in [-0.3, -0.25) is 4.79 Å². The van der Waals surface area contributed by atoms with Crippen LogP contribution in [0.3, 0.4) is 0 Å². The van der Waals surface area contributed by atoms with Crippen molar-refractivity contribution in [3.8, 4) is 10.6 Å². The lowest BCUT2D eigenvalue weighted by Gasteiger charge is -2.30. The molecule has 3 aromatic rings. The number of hydrogen-bond acceptors (Lipinski definition) is 5. The number of piperidine rings is 2.